The number of pyridine rings is 1. The van der Waals surface area contributed by atoms with Gasteiger partial charge in [-0.15, -0.1) is 0 Å². The molecule has 37 heavy (non-hydrogen) atoms. The lowest BCUT2D eigenvalue weighted by Crippen LogP contribution is -2.45. The Kier molecular flexibility index (Phi) is 9.68. The van der Waals surface area contributed by atoms with E-state index in [-0.39, 0.29) is 18.2 Å². The van der Waals surface area contributed by atoms with Gasteiger partial charge in [0, 0.05) is 51.3 Å². The van der Waals surface area contributed by atoms with Crippen LogP contribution in [0.3, 0.4) is 0 Å². The van der Waals surface area contributed by atoms with Crippen molar-refractivity contribution in [3.8, 4) is 22.8 Å². The number of allylic oxidation sites excluding steroid dienone is 2. The monoisotopic (exact) mass is 508 g/mol. The quantitative estimate of drug-likeness (QED) is 0.495. The summed E-state index contributed by atoms with van der Waals surface area (Å²) in [4.78, 5) is 22.0. The van der Waals surface area contributed by atoms with Crippen molar-refractivity contribution in [2.75, 3.05) is 59.5 Å². The number of piperazine rings is 1. The lowest BCUT2D eigenvalue weighted by molar-refractivity contribution is -0.120. The molecule has 0 bridgehead atoms. The molecule has 7 nitrogen and oxygen atoms in total. The maximum absolute atomic E-state index is 13.5. The summed E-state index contributed by atoms with van der Waals surface area (Å²) in [5.74, 6) is 1.03. The highest BCUT2D eigenvalue weighted by atomic mass is 19.1. The van der Waals surface area contributed by atoms with E-state index in [1.165, 1.54) is 6.08 Å². The van der Waals surface area contributed by atoms with Crippen molar-refractivity contribution < 1.29 is 18.7 Å². The third-order valence-corrected chi connectivity index (χ3v) is 6.60. The van der Waals surface area contributed by atoms with E-state index in [2.05, 4.69) is 22.2 Å². The molecule has 0 atom stereocenters. The number of amides is 1. The highest BCUT2D eigenvalue weighted by Crippen LogP contribution is 2.30. The molecule has 0 unspecified atom stereocenters. The molecule has 2 aliphatic rings. The number of rotatable bonds is 11. The van der Waals surface area contributed by atoms with Crippen LogP contribution in [-0.4, -0.2) is 80.2 Å². The summed E-state index contributed by atoms with van der Waals surface area (Å²) in [6, 6.07) is 11.7. The van der Waals surface area contributed by atoms with E-state index >= 15 is 0 Å². The number of nitrogens with zero attached hydrogens (tertiary/aromatic N) is 3. The molecule has 1 aromatic carbocycles. The molecule has 1 N–H and O–H groups in total. The molecule has 2 aromatic rings. The number of likely N-dealkylation sites (N-methyl/N-ethyl adjacent to an activating group) is 1. The molecule has 1 amide bonds. The van der Waals surface area contributed by atoms with Crippen molar-refractivity contribution in [2.45, 2.75) is 26.2 Å². The minimum atomic E-state index is -0.162. The van der Waals surface area contributed by atoms with Gasteiger partial charge in [-0.2, -0.15) is 0 Å². The zero-order chi connectivity index (χ0) is 26.0. The van der Waals surface area contributed by atoms with Crippen LogP contribution in [0.15, 0.2) is 60.0 Å². The second kappa shape index (κ2) is 13.4. The zero-order valence-electron chi connectivity index (χ0n) is 21.8. The molecule has 8 heteroatoms. The van der Waals surface area contributed by atoms with Crippen LogP contribution in [0.4, 0.5) is 4.39 Å². The first-order valence-corrected chi connectivity index (χ1v) is 13.1. The number of benzene rings is 1. The number of ether oxygens (including phenoxy) is 2. The number of aromatic nitrogens is 1. The number of hydrogen-bond donors (Lipinski definition) is 1. The molecule has 4 rings (SSSR count). The van der Waals surface area contributed by atoms with Crippen LogP contribution in [0.25, 0.3) is 11.1 Å². The van der Waals surface area contributed by atoms with Crippen LogP contribution in [0.1, 0.15) is 25.5 Å². The molecule has 0 radical (unpaired) electrons. The maximum Gasteiger partial charge on any atom is 0.226 e. The minimum Gasteiger partial charge on any atom is -0.494 e. The van der Waals surface area contributed by atoms with Gasteiger partial charge in [0.05, 0.1) is 18.7 Å². The Hall–Kier alpha value is -3.23. The standard InChI is InChI=1S/C29H37FN4O3/c1-3-36-26-10-7-23(8-11-26)27-12-9-25(20-28(35)31-21-22-5-4-6-24(30)19-22)32-29(27)37-18-17-34-15-13-33(2)14-16-34/h5,7-12,19H,3-4,6,13-18,20-21H2,1-2H3,(H,31,35). The summed E-state index contributed by atoms with van der Waals surface area (Å²) in [6.07, 6.45) is 4.67. The van der Waals surface area contributed by atoms with Crippen molar-refractivity contribution in [1.29, 1.82) is 0 Å². The van der Waals surface area contributed by atoms with E-state index < -0.39 is 0 Å². The summed E-state index contributed by atoms with van der Waals surface area (Å²) in [6.45, 7) is 8.37. The van der Waals surface area contributed by atoms with E-state index in [1.807, 2.05) is 49.4 Å². The van der Waals surface area contributed by atoms with Crippen LogP contribution in [0, 0.1) is 0 Å². The Morgan fingerprint density at radius 1 is 1.08 bits per heavy atom. The predicted molar refractivity (Wildman–Crippen MR) is 143 cm³/mol. The first kappa shape index (κ1) is 26.8. The molecule has 198 valence electrons. The van der Waals surface area contributed by atoms with Gasteiger partial charge in [0.15, 0.2) is 0 Å². The number of hydrogen-bond acceptors (Lipinski definition) is 6. The number of halogens is 1. The average Bonchev–Trinajstić information content (AvgIpc) is 2.90. The molecule has 1 fully saturated rings. The van der Waals surface area contributed by atoms with Gasteiger partial charge in [0.2, 0.25) is 11.8 Å². The van der Waals surface area contributed by atoms with Crippen molar-refractivity contribution in [3.05, 3.63) is 65.6 Å². The Bertz CT molecular complexity index is 1110. The molecule has 0 spiro atoms. The van der Waals surface area contributed by atoms with Gasteiger partial charge in [-0.1, -0.05) is 18.2 Å². The van der Waals surface area contributed by atoms with Gasteiger partial charge in [-0.3, -0.25) is 9.69 Å². The molecule has 1 aliphatic heterocycles. The van der Waals surface area contributed by atoms with Crippen LogP contribution in [0.2, 0.25) is 0 Å². The van der Waals surface area contributed by atoms with Crippen LogP contribution in [-0.2, 0) is 11.2 Å². The minimum absolute atomic E-state index is 0.123. The Morgan fingerprint density at radius 3 is 2.59 bits per heavy atom. The van der Waals surface area contributed by atoms with E-state index in [4.69, 9.17) is 14.5 Å². The smallest absolute Gasteiger partial charge is 0.226 e. The van der Waals surface area contributed by atoms with Crippen molar-refractivity contribution in [3.63, 3.8) is 0 Å². The van der Waals surface area contributed by atoms with Crippen molar-refractivity contribution in [1.82, 2.24) is 20.1 Å². The van der Waals surface area contributed by atoms with Gasteiger partial charge < -0.3 is 19.7 Å². The fourth-order valence-corrected chi connectivity index (χ4v) is 4.43. The summed E-state index contributed by atoms with van der Waals surface area (Å²) < 4.78 is 25.3. The fourth-order valence-electron chi connectivity index (χ4n) is 4.43. The predicted octanol–water partition coefficient (Wildman–Crippen LogP) is 4.01. The first-order chi connectivity index (χ1) is 18.0. The second-order valence-corrected chi connectivity index (χ2v) is 9.47. The highest BCUT2D eigenvalue weighted by Gasteiger charge is 2.16. The summed E-state index contributed by atoms with van der Waals surface area (Å²) in [5.41, 5.74) is 3.27. The SMILES string of the molecule is CCOc1ccc(-c2ccc(CC(=O)NCC3=CCCC(F)=C3)nc2OCCN2CCN(C)CC2)cc1. The van der Waals surface area contributed by atoms with Crippen LogP contribution in [0.5, 0.6) is 11.6 Å². The van der Waals surface area contributed by atoms with Gasteiger partial charge in [-0.25, -0.2) is 9.37 Å². The largest absolute Gasteiger partial charge is 0.494 e. The summed E-state index contributed by atoms with van der Waals surface area (Å²) in [5, 5.41) is 2.87. The van der Waals surface area contributed by atoms with Gasteiger partial charge >= 0.3 is 0 Å². The highest BCUT2D eigenvalue weighted by molar-refractivity contribution is 5.79. The van der Waals surface area contributed by atoms with Crippen molar-refractivity contribution in [2.24, 2.45) is 0 Å². The Balaban J connectivity index is 1.43. The zero-order valence-corrected chi connectivity index (χ0v) is 21.8. The van der Waals surface area contributed by atoms with Gasteiger partial charge in [-0.05, 0) is 61.9 Å². The molecule has 0 saturated carbocycles. The molecular weight excluding hydrogens is 471 g/mol. The topological polar surface area (TPSA) is 66.9 Å². The van der Waals surface area contributed by atoms with Gasteiger partial charge in [0.25, 0.3) is 0 Å². The number of nitrogens with one attached hydrogen (secondary N) is 1. The Morgan fingerprint density at radius 2 is 1.86 bits per heavy atom. The third-order valence-electron chi connectivity index (χ3n) is 6.60. The number of carbonyl (C=O) groups excluding carboxylic acids is 1. The summed E-state index contributed by atoms with van der Waals surface area (Å²) >= 11 is 0. The van der Waals surface area contributed by atoms with E-state index in [0.29, 0.717) is 44.2 Å². The Labute approximate surface area is 219 Å². The molecule has 1 aliphatic carbocycles. The molecular formula is C29H37FN4O3. The van der Waals surface area contributed by atoms with Crippen LogP contribution < -0.4 is 14.8 Å². The van der Waals surface area contributed by atoms with E-state index in [1.54, 1.807) is 0 Å². The van der Waals surface area contributed by atoms with Crippen LogP contribution >= 0.6 is 0 Å². The fraction of sp³-hybridized carbons (Fsp3) is 0.448. The van der Waals surface area contributed by atoms with Gasteiger partial charge in [0.1, 0.15) is 18.2 Å². The average molecular weight is 509 g/mol. The van der Waals surface area contributed by atoms with Crippen molar-refractivity contribution >= 4 is 5.91 Å². The first-order valence-electron chi connectivity index (χ1n) is 13.1. The number of carbonyl (C=O) groups is 1. The molecule has 1 saturated heterocycles. The third kappa shape index (κ3) is 8.13. The van der Waals surface area contributed by atoms with E-state index in [9.17, 15) is 9.18 Å². The lowest BCUT2D eigenvalue weighted by Gasteiger charge is -2.32. The molecule has 2 heterocycles. The maximum atomic E-state index is 13.5. The van der Waals surface area contributed by atoms with E-state index in [0.717, 1.165) is 55.2 Å². The molecule has 1 aromatic heterocycles. The summed E-state index contributed by atoms with van der Waals surface area (Å²) in [7, 11) is 2.14. The lowest BCUT2D eigenvalue weighted by atomic mass is 10.1. The second-order valence-electron chi connectivity index (χ2n) is 9.47. The normalized spacial score (nSPS) is 16.6.